The summed E-state index contributed by atoms with van der Waals surface area (Å²) in [6, 6.07) is 0. The molecule has 0 aliphatic heterocycles. The minimum atomic E-state index is -0.0511. The third kappa shape index (κ3) is 9.49. The molecule has 2 heteroatoms. The lowest BCUT2D eigenvalue weighted by molar-refractivity contribution is -0.153. The van der Waals surface area contributed by atoms with Crippen molar-refractivity contribution in [1.29, 1.82) is 0 Å². The molecule has 0 spiro atoms. The highest BCUT2D eigenvalue weighted by Crippen LogP contribution is 2.14. The molecule has 0 N–H and O–H groups in total. The second kappa shape index (κ2) is 11.6. The highest BCUT2D eigenvalue weighted by molar-refractivity contribution is 5.71. The van der Waals surface area contributed by atoms with Crippen molar-refractivity contribution in [3.8, 4) is 0 Å². The van der Waals surface area contributed by atoms with Crippen LogP contribution in [0.2, 0.25) is 0 Å². The van der Waals surface area contributed by atoms with Gasteiger partial charge in [-0.1, -0.05) is 66.2 Å². The van der Waals surface area contributed by atoms with E-state index in [0.717, 1.165) is 12.8 Å². The summed E-state index contributed by atoms with van der Waals surface area (Å²) in [7, 11) is 0. The lowest BCUT2D eigenvalue weighted by atomic mass is 10.1. The first-order valence-corrected chi connectivity index (χ1v) is 7.82. The van der Waals surface area contributed by atoms with Crippen molar-refractivity contribution in [3.05, 3.63) is 0 Å². The van der Waals surface area contributed by atoms with Crippen LogP contribution >= 0.6 is 0 Å². The van der Waals surface area contributed by atoms with Gasteiger partial charge >= 0.3 is 5.97 Å². The Morgan fingerprint density at radius 1 is 0.944 bits per heavy atom. The summed E-state index contributed by atoms with van der Waals surface area (Å²) in [6.45, 7) is 8.13. The zero-order valence-electron chi connectivity index (χ0n) is 12.8. The fourth-order valence-corrected chi connectivity index (χ4v) is 1.98. The van der Waals surface area contributed by atoms with Gasteiger partial charge in [0.05, 0.1) is 5.92 Å². The van der Waals surface area contributed by atoms with Crippen molar-refractivity contribution < 1.29 is 9.53 Å². The van der Waals surface area contributed by atoms with Gasteiger partial charge in [0.15, 0.2) is 0 Å². The molecule has 1 unspecified atom stereocenters. The number of unbranched alkanes of at least 4 members (excludes halogenated alkanes) is 6. The molecule has 0 bridgehead atoms. The van der Waals surface area contributed by atoms with E-state index in [1.807, 2.05) is 13.8 Å². The smallest absolute Gasteiger partial charge is 0.308 e. The van der Waals surface area contributed by atoms with E-state index >= 15 is 0 Å². The first kappa shape index (κ1) is 17.5. The number of hydrogen-bond acceptors (Lipinski definition) is 2. The normalized spacial score (nSPS) is 12.7. The molecule has 0 fully saturated rings. The van der Waals surface area contributed by atoms with Crippen LogP contribution in [0.25, 0.3) is 0 Å². The van der Waals surface area contributed by atoms with Crippen LogP contribution < -0.4 is 0 Å². The van der Waals surface area contributed by atoms with E-state index in [2.05, 4.69) is 13.8 Å². The highest BCUT2D eigenvalue weighted by atomic mass is 16.5. The van der Waals surface area contributed by atoms with Crippen LogP contribution in [-0.2, 0) is 9.53 Å². The molecule has 1 atom stereocenters. The Morgan fingerprint density at radius 3 is 2.00 bits per heavy atom. The van der Waals surface area contributed by atoms with Crippen molar-refractivity contribution >= 4 is 5.97 Å². The van der Waals surface area contributed by atoms with E-state index in [1.165, 1.54) is 44.9 Å². The Kier molecular flexibility index (Phi) is 11.2. The van der Waals surface area contributed by atoms with Crippen molar-refractivity contribution in [2.24, 2.45) is 5.92 Å². The van der Waals surface area contributed by atoms with E-state index in [0.29, 0.717) is 0 Å². The second-order valence-corrected chi connectivity index (χ2v) is 5.53. The minimum Gasteiger partial charge on any atom is -0.462 e. The van der Waals surface area contributed by atoms with Crippen LogP contribution in [0.15, 0.2) is 0 Å². The van der Waals surface area contributed by atoms with Gasteiger partial charge in [-0.2, -0.15) is 0 Å². The molecule has 0 aromatic carbocycles. The number of carbonyl (C=O) groups excluding carboxylic acids is 1. The third-order valence-electron chi connectivity index (χ3n) is 3.34. The molecule has 0 radical (unpaired) electrons. The average molecular weight is 256 g/mol. The van der Waals surface area contributed by atoms with Crippen LogP contribution in [0, 0.1) is 5.92 Å². The molecule has 0 aromatic heterocycles. The maximum atomic E-state index is 11.5. The van der Waals surface area contributed by atoms with Crippen molar-refractivity contribution in [2.75, 3.05) is 0 Å². The third-order valence-corrected chi connectivity index (χ3v) is 3.34. The predicted molar refractivity (Wildman–Crippen MR) is 77.6 cm³/mol. The summed E-state index contributed by atoms with van der Waals surface area (Å²) in [6.07, 6.45) is 11.3. The molecule has 2 nitrogen and oxygen atoms in total. The van der Waals surface area contributed by atoms with Gasteiger partial charge in [-0.3, -0.25) is 4.79 Å². The van der Waals surface area contributed by atoms with E-state index in [4.69, 9.17) is 4.74 Å². The number of hydrogen-bond donors (Lipinski definition) is 0. The molecule has 0 saturated carbocycles. The van der Waals surface area contributed by atoms with Gasteiger partial charge < -0.3 is 4.74 Å². The summed E-state index contributed by atoms with van der Waals surface area (Å²) >= 11 is 0. The van der Waals surface area contributed by atoms with Gasteiger partial charge in [0.25, 0.3) is 0 Å². The molecule has 0 heterocycles. The first-order chi connectivity index (χ1) is 8.61. The zero-order valence-corrected chi connectivity index (χ0v) is 12.8. The van der Waals surface area contributed by atoms with E-state index in [9.17, 15) is 4.79 Å². The predicted octanol–water partition coefficient (Wildman–Crippen LogP) is 5.10. The molecule has 0 saturated heterocycles. The monoisotopic (exact) mass is 256 g/mol. The molecular formula is C16H32O2. The second-order valence-electron chi connectivity index (χ2n) is 5.53. The molecule has 0 aliphatic carbocycles. The van der Waals surface area contributed by atoms with Crippen LogP contribution in [-0.4, -0.2) is 12.1 Å². The zero-order chi connectivity index (χ0) is 13.8. The SMILES string of the molecule is CCCCCCCCCC(CC)OC(=O)C(C)C. The van der Waals surface area contributed by atoms with Crippen molar-refractivity contribution in [3.63, 3.8) is 0 Å². The summed E-state index contributed by atoms with van der Waals surface area (Å²) in [5.74, 6) is -0.0575. The van der Waals surface area contributed by atoms with Gasteiger partial charge in [-0.25, -0.2) is 0 Å². The number of ether oxygens (including phenoxy) is 1. The van der Waals surface area contributed by atoms with E-state index in [-0.39, 0.29) is 18.0 Å². The van der Waals surface area contributed by atoms with Crippen LogP contribution in [0.5, 0.6) is 0 Å². The molecule has 0 rings (SSSR count). The fourth-order valence-electron chi connectivity index (χ4n) is 1.98. The molecule has 0 aromatic rings. The Hall–Kier alpha value is -0.530. The summed E-state index contributed by atoms with van der Waals surface area (Å²) in [5, 5.41) is 0. The van der Waals surface area contributed by atoms with Gasteiger partial charge in [-0.15, -0.1) is 0 Å². The van der Waals surface area contributed by atoms with Gasteiger partial charge in [-0.05, 0) is 19.3 Å². The maximum Gasteiger partial charge on any atom is 0.308 e. The van der Waals surface area contributed by atoms with E-state index in [1.54, 1.807) is 0 Å². The van der Waals surface area contributed by atoms with Crippen LogP contribution in [0.4, 0.5) is 0 Å². The van der Waals surface area contributed by atoms with Gasteiger partial charge in [0.1, 0.15) is 6.10 Å². The molecule has 108 valence electrons. The highest BCUT2D eigenvalue weighted by Gasteiger charge is 2.14. The Labute approximate surface area is 113 Å². The van der Waals surface area contributed by atoms with Crippen LogP contribution in [0.3, 0.4) is 0 Å². The van der Waals surface area contributed by atoms with Gasteiger partial charge in [0, 0.05) is 0 Å². The summed E-state index contributed by atoms with van der Waals surface area (Å²) in [5.41, 5.74) is 0. The first-order valence-electron chi connectivity index (χ1n) is 7.82. The number of rotatable bonds is 11. The van der Waals surface area contributed by atoms with Crippen LogP contribution in [0.1, 0.15) is 85.5 Å². The topological polar surface area (TPSA) is 26.3 Å². The Morgan fingerprint density at radius 2 is 1.50 bits per heavy atom. The lowest BCUT2D eigenvalue weighted by Gasteiger charge is -2.17. The lowest BCUT2D eigenvalue weighted by Crippen LogP contribution is -2.21. The molecular weight excluding hydrogens is 224 g/mol. The number of carbonyl (C=O) groups is 1. The average Bonchev–Trinajstić information content (AvgIpc) is 2.35. The van der Waals surface area contributed by atoms with Crippen molar-refractivity contribution in [1.82, 2.24) is 0 Å². The standard InChI is InChI=1S/C16H32O2/c1-5-7-8-9-10-11-12-13-15(6-2)18-16(17)14(3)4/h14-15H,5-13H2,1-4H3. The quantitative estimate of drug-likeness (QED) is 0.379. The Bertz CT molecular complexity index is 199. The summed E-state index contributed by atoms with van der Waals surface area (Å²) in [4.78, 5) is 11.5. The van der Waals surface area contributed by atoms with Gasteiger partial charge in [0.2, 0.25) is 0 Å². The summed E-state index contributed by atoms with van der Waals surface area (Å²) < 4.78 is 5.47. The minimum absolute atomic E-state index is 0.00639. The van der Waals surface area contributed by atoms with E-state index < -0.39 is 0 Å². The fraction of sp³-hybridized carbons (Fsp3) is 0.938. The largest absolute Gasteiger partial charge is 0.462 e. The molecule has 18 heavy (non-hydrogen) atoms. The Balaban J connectivity index is 3.53. The molecule has 0 amide bonds. The maximum absolute atomic E-state index is 11.5. The van der Waals surface area contributed by atoms with Crippen molar-refractivity contribution in [2.45, 2.75) is 91.6 Å². The number of esters is 1. The molecule has 0 aliphatic rings.